The van der Waals surface area contributed by atoms with Crippen LogP contribution in [0.1, 0.15) is 84.8 Å². The second-order valence-electron chi connectivity index (χ2n) is 13.4. The zero-order valence-electron chi connectivity index (χ0n) is 25.6. The van der Waals surface area contributed by atoms with Crippen LogP contribution in [0.25, 0.3) is 0 Å². The van der Waals surface area contributed by atoms with Crippen LogP contribution >= 0.6 is 0 Å². The third kappa shape index (κ3) is 7.59. The molecule has 1 aliphatic carbocycles. The van der Waals surface area contributed by atoms with E-state index in [0.29, 0.717) is 23.5 Å². The molecule has 2 N–H and O–H groups in total. The van der Waals surface area contributed by atoms with Crippen LogP contribution in [0.5, 0.6) is 0 Å². The second-order valence-corrected chi connectivity index (χ2v) is 15.8. The van der Waals surface area contributed by atoms with Crippen molar-refractivity contribution < 1.29 is 31.9 Å². The molecular formula is C31H41FN4O6S. The summed E-state index contributed by atoms with van der Waals surface area (Å²) in [6, 6.07) is 6.36. The summed E-state index contributed by atoms with van der Waals surface area (Å²) in [5, 5.41) is 2.55. The molecule has 2 fully saturated rings. The Hall–Kier alpha value is -3.38. The topological polar surface area (TPSA) is 135 Å². The average molecular weight is 617 g/mol. The van der Waals surface area contributed by atoms with Gasteiger partial charge in [-0.3, -0.25) is 19.5 Å². The van der Waals surface area contributed by atoms with Crippen LogP contribution in [-0.4, -0.2) is 59.0 Å². The monoisotopic (exact) mass is 616 g/mol. The SMILES string of the molecule is CC(C)(C)OC(=O)N1CC(=O)C[C@@H]1C(=O)Nc1cc([C@@](CCC2CC2)(NS(=O)(=O)C(C)(C)C)c2ccncc2)ccc1F. The summed E-state index contributed by atoms with van der Waals surface area (Å²) in [6.45, 7) is 9.52. The molecule has 2 aliphatic rings. The summed E-state index contributed by atoms with van der Waals surface area (Å²) in [5.74, 6) is -1.38. The summed E-state index contributed by atoms with van der Waals surface area (Å²) in [5.41, 5.74) is -1.29. The zero-order valence-corrected chi connectivity index (χ0v) is 26.4. The highest BCUT2D eigenvalue weighted by Crippen LogP contribution is 2.43. The molecule has 1 saturated heterocycles. The van der Waals surface area contributed by atoms with E-state index in [4.69, 9.17) is 4.74 Å². The first kappa shape index (κ1) is 32.5. The molecule has 2 amide bonds. The van der Waals surface area contributed by atoms with Gasteiger partial charge in [-0.2, -0.15) is 0 Å². The Kier molecular flexibility index (Phi) is 9.04. The van der Waals surface area contributed by atoms with E-state index in [1.165, 1.54) is 18.2 Å². The predicted molar refractivity (Wildman–Crippen MR) is 160 cm³/mol. The van der Waals surface area contributed by atoms with Crippen LogP contribution in [0.3, 0.4) is 0 Å². The van der Waals surface area contributed by atoms with Gasteiger partial charge in [-0.05, 0) is 95.7 Å². The van der Waals surface area contributed by atoms with Gasteiger partial charge in [0, 0.05) is 18.8 Å². The first-order valence-corrected chi connectivity index (χ1v) is 16.0. The number of anilines is 1. The highest BCUT2D eigenvalue weighted by Gasteiger charge is 2.44. The normalized spacial score (nSPS) is 19.2. The van der Waals surface area contributed by atoms with Gasteiger partial charge in [-0.25, -0.2) is 22.3 Å². The van der Waals surface area contributed by atoms with Crippen LogP contribution in [-0.2, 0) is 29.9 Å². The average Bonchev–Trinajstić information content (AvgIpc) is 3.65. The number of nitrogens with one attached hydrogen (secondary N) is 2. The third-order valence-corrected chi connectivity index (χ3v) is 9.93. The van der Waals surface area contributed by atoms with E-state index < -0.39 is 49.8 Å². The maximum atomic E-state index is 15.3. The van der Waals surface area contributed by atoms with Crippen molar-refractivity contribution in [3.63, 3.8) is 0 Å². The van der Waals surface area contributed by atoms with Crippen molar-refractivity contribution in [1.82, 2.24) is 14.6 Å². The number of rotatable bonds is 9. The number of hydrogen-bond donors (Lipinski definition) is 2. The number of ether oxygens (including phenoxy) is 1. The van der Waals surface area contributed by atoms with Crippen molar-refractivity contribution in [3.8, 4) is 0 Å². The molecule has 2 aromatic rings. The molecule has 2 atom stereocenters. The molecule has 1 aliphatic heterocycles. The Bertz CT molecular complexity index is 1480. The lowest BCUT2D eigenvalue weighted by molar-refractivity contribution is -0.121. The summed E-state index contributed by atoms with van der Waals surface area (Å²) in [4.78, 5) is 43.6. The first-order valence-electron chi connectivity index (χ1n) is 14.5. The molecule has 0 unspecified atom stereocenters. The van der Waals surface area contributed by atoms with Crippen molar-refractivity contribution in [2.45, 2.75) is 95.6 Å². The van der Waals surface area contributed by atoms with E-state index in [0.717, 1.165) is 24.2 Å². The molecule has 0 spiro atoms. The van der Waals surface area contributed by atoms with Gasteiger partial charge in [-0.1, -0.05) is 18.9 Å². The molecule has 1 saturated carbocycles. The molecule has 2 heterocycles. The Labute approximate surface area is 252 Å². The lowest BCUT2D eigenvalue weighted by Crippen LogP contribution is -2.52. The van der Waals surface area contributed by atoms with Crippen LogP contribution in [0.2, 0.25) is 0 Å². The van der Waals surface area contributed by atoms with Gasteiger partial charge in [0.2, 0.25) is 15.9 Å². The molecule has 1 aromatic carbocycles. The number of amides is 2. The van der Waals surface area contributed by atoms with Gasteiger partial charge in [0.15, 0.2) is 5.78 Å². The number of hydrogen-bond acceptors (Lipinski definition) is 7. The van der Waals surface area contributed by atoms with Crippen LogP contribution in [0.15, 0.2) is 42.7 Å². The van der Waals surface area contributed by atoms with Crippen molar-refractivity contribution in [3.05, 3.63) is 59.7 Å². The zero-order chi connectivity index (χ0) is 31.8. The number of aromatic nitrogens is 1. The largest absolute Gasteiger partial charge is 0.444 e. The number of carbonyl (C=O) groups excluding carboxylic acids is 3. The Balaban J connectivity index is 1.74. The van der Waals surface area contributed by atoms with E-state index >= 15 is 4.39 Å². The van der Waals surface area contributed by atoms with Crippen molar-refractivity contribution >= 4 is 33.5 Å². The molecule has 234 valence electrons. The minimum atomic E-state index is -3.92. The fraction of sp³-hybridized carbons (Fsp3) is 0.548. The molecule has 0 radical (unpaired) electrons. The lowest BCUT2D eigenvalue weighted by atomic mass is 9.79. The van der Waals surface area contributed by atoms with Crippen molar-refractivity contribution in [1.29, 1.82) is 0 Å². The summed E-state index contributed by atoms with van der Waals surface area (Å²) in [7, 11) is -3.92. The van der Waals surface area contributed by atoms with E-state index in [1.807, 2.05) is 0 Å². The molecule has 1 aromatic heterocycles. The summed E-state index contributed by atoms with van der Waals surface area (Å²) >= 11 is 0. The van der Waals surface area contributed by atoms with Gasteiger partial charge in [-0.15, -0.1) is 0 Å². The number of ketones is 1. The number of sulfonamides is 1. The Morgan fingerprint density at radius 1 is 1.05 bits per heavy atom. The van der Waals surface area contributed by atoms with Crippen molar-refractivity contribution in [2.75, 3.05) is 11.9 Å². The molecule has 43 heavy (non-hydrogen) atoms. The lowest BCUT2D eigenvalue weighted by Gasteiger charge is -2.38. The van der Waals surface area contributed by atoms with Crippen LogP contribution in [0.4, 0.5) is 14.9 Å². The molecule has 12 heteroatoms. The fourth-order valence-corrected chi connectivity index (χ4v) is 6.11. The number of benzene rings is 1. The fourth-order valence-electron chi connectivity index (χ4n) is 5.01. The van der Waals surface area contributed by atoms with Crippen LogP contribution < -0.4 is 10.0 Å². The molecular weight excluding hydrogens is 575 g/mol. The van der Waals surface area contributed by atoms with E-state index in [1.54, 1.807) is 66.1 Å². The highest BCUT2D eigenvalue weighted by molar-refractivity contribution is 7.90. The number of carbonyl (C=O) groups is 3. The predicted octanol–water partition coefficient (Wildman–Crippen LogP) is 4.89. The third-order valence-electron chi connectivity index (χ3n) is 7.70. The molecule has 0 bridgehead atoms. The first-order chi connectivity index (χ1) is 19.9. The van der Waals surface area contributed by atoms with E-state index in [9.17, 15) is 22.8 Å². The van der Waals surface area contributed by atoms with Crippen molar-refractivity contribution in [2.24, 2.45) is 5.92 Å². The van der Waals surface area contributed by atoms with Gasteiger partial charge in [0.05, 0.1) is 22.5 Å². The van der Waals surface area contributed by atoms with Gasteiger partial charge in [0.25, 0.3) is 0 Å². The number of pyridine rings is 1. The maximum absolute atomic E-state index is 15.3. The minimum absolute atomic E-state index is 0.203. The summed E-state index contributed by atoms with van der Waals surface area (Å²) in [6.07, 6.45) is 5.31. The molecule has 10 nitrogen and oxygen atoms in total. The Morgan fingerprint density at radius 3 is 2.28 bits per heavy atom. The number of likely N-dealkylation sites (tertiary alicyclic amines) is 1. The van der Waals surface area contributed by atoms with E-state index in [-0.39, 0.29) is 24.4 Å². The minimum Gasteiger partial charge on any atom is -0.444 e. The Morgan fingerprint density at radius 2 is 1.70 bits per heavy atom. The number of halogens is 1. The van der Waals surface area contributed by atoms with Gasteiger partial charge < -0.3 is 10.1 Å². The summed E-state index contributed by atoms with van der Waals surface area (Å²) < 4.78 is 49.8. The van der Waals surface area contributed by atoms with E-state index in [2.05, 4.69) is 15.0 Å². The quantitative estimate of drug-likeness (QED) is 0.410. The highest BCUT2D eigenvalue weighted by atomic mass is 32.2. The van der Waals surface area contributed by atoms with Crippen LogP contribution in [0, 0.1) is 11.7 Å². The number of nitrogens with zero attached hydrogens (tertiary/aromatic N) is 2. The smallest absolute Gasteiger partial charge is 0.411 e. The standard InChI is InChI=1S/C31H41FN4O6S/c1-29(2,3)42-28(39)36-19-23(37)18-26(36)27(38)34-25-17-22(9-10-24(25)32)31(14-11-20-7-8-20,21-12-15-33-16-13-21)35-43(40,41)30(4,5)6/h9-10,12-13,15-17,20,26,35H,7-8,11,14,18-19H2,1-6H3,(H,34,38)/t26-,31+/m1/s1. The number of Topliss-reactive ketones (excluding diaryl/α,β-unsaturated/α-hetero) is 1. The maximum Gasteiger partial charge on any atom is 0.411 e. The second kappa shape index (κ2) is 12.0. The molecule has 4 rings (SSSR count). The van der Waals surface area contributed by atoms with Gasteiger partial charge >= 0.3 is 6.09 Å². The van der Waals surface area contributed by atoms with Gasteiger partial charge in [0.1, 0.15) is 17.5 Å².